The molecule has 0 saturated carbocycles. The minimum Gasteiger partial charge on any atom is -0.494 e. The van der Waals surface area contributed by atoms with Crippen molar-refractivity contribution in [1.29, 1.82) is 0 Å². The van der Waals surface area contributed by atoms with Gasteiger partial charge >= 0.3 is 0 Å². The smallest absolute Gasteiger partial charge is 0.227 e. The Balaban J connectivity index is 1.51. The van der Waals surface area contributed by atoms with Crippen LogP contribution in [-0.2, 0) is 16.1 Å². The van der Waals surface area contributed by atoms with Crippen LogP contribution in [0.2, 0.25) is 0 Å². The fourth-order valence-corrected chi connectivity index (χ4v) is 4.01. The maximum Gasteiger partial charge on any atom is 0.227 e. The lowest BCUT2D eigenvalue weighted by atomic mass is 10.2. The Morgan fingerprint density at radius 2 is 1.89 bits per heavy atom. The van der Waals surface area contributed by atoms with Crippen molar-refractivity contribution in [2.24, 2.45) is 0 Å². The molecule has 0 aromatic heterocycles. The predicted octanol–water partition coefficient (Wildman–Crippen LogP) is 3.62. The zero-order chi connectivity index (χ0) is 19.1. The number of fused-ring (bicyclic) bond motifs is 1. The first-order chi connectivity index (χ1) is 13.2. The number of thioether (sulfide) groups is 1. The molecular weight excluding hydrogens is 360 g/mol. The van der Waals surface area contributed by atoms with E-state index in [0.717, 1.165) is 27.6 Å². The number of benzene rings is 2. The molecule has 1 aliphatic heterocycles. The van der Waals surface area contributed by atoms with E-state index in [1.807, 2.05) is 55.5 Å². The highest BCUT2D eigenvalue weighted by molar-refractivity contribution is 7.99. The second kappa shape index (κ2) is 9.46. The number of hydrogen-bond donors (Lipinski definition) is 1. The van der Waals surface area contributed by atoms with Gasteiger partial charge in [-0.3, -0.25) is 9.59 Å². The minimum absolute atomic E-state index is 0.00684. The molecular formula is C21H24N2O3S. The van der Waals surface area contributed by atoms with Gasteiger partial charge in [0, 0.05) is 42.1 Å². The quantitative estimate of drug-likeness (QED) is 0.792. The zero-order valence-electron chi connectivity index (χ0n) is 15.4. The van der Waals surface area contributed by atoms with Crippen LogP contribution in [0.1, 0.15) is 25.3 Å². The van der Waals surface area contributed by atoms with Gasteiger partial charge in [0.1, 0.15) is 5.75 Å². The Hall–Kier alpha value is -2.47. The Labute approximate surface area is 164 Å². The van der Waals surface area contributed by atoms with Crippen molar-refractivity contribution in [2.75, 3.05) is 23.8 Å². The number of hydrogen-bond acceptors (Lipinski definition) is 4. The van der Waals surface area contributed by atoms with Gasteiger partial charge in [-0.2, -0.15) is 0 Å². The average molecular weight is 385 g/mol. The summed E-state index contributed by atoms with van der Waals surface area (Å²) in [6, 6.07) is 15.6. The second-order valence-electron chi connectivity index (χ2n) is 6.18. The minimum atomic E-state index is -0.130. The number of rotatable bonds is 7. The Bertz CT molecular complexity index is 810. The lowest BCUT2D eigenvalue weighted by Gasteiger charge is -2.29. The summed E-state index contributed by atoms with van der Waals surface area (Å²) in [4.78, 5) is 27.7. The summed E-state index contributed by atoms with van der Waals surface area (Å²) in [6.45, 7) is 3.59. The van der Waals surface area contributed by atoms with E-state index in [9.17, 15) is 9.59 Å². The van der Waals surface area contributed by atoms with Crippen LogP contribution in [0.25, 0.3) is 0 Å². The molecule has 0 aliphatic carbocycles. The standard InChI is InChI=1S/C21H24N2O3S/c1-2-26-18-9-5-3-7-16(18)15-22-20(24)11-12-21(25)23-13-14-27-19-10-6-4-8-17(19)23/h3-10H,2,11-15H2,1H3,(H,22,24). The SMILES string of the molecule is CCOc1ccccc1CNC(=O)CCC(=O)N1CCSc2ccccc21. The normalized spacial score (nSPS) is 13.0. The maximum absolute atomic E-state index is 12.6. The maximum atomic E-state index is 12.6. The number of nitrogens with zero attached hydrogens (tertiary/aromatic N) is 1. The monoisotopic (exact) mass is 384 g/mol. The van der Waals surface area contributed by atoms with Crippen molar-refractivity contribution in [3.8, 4) is 5.75 Å². The van der Waals surface area contributed by atoms with Crippen molar-refractivity contribution < 1.29 is 14.3 Å². The number of nitrogens with one attached hydrogen (secondary N) is 1. The largest absolute Gasteiger partial charge is 0.494 e. The molecule has 6 heteroatoms. The first-order valence-corrected chi connectivity index (χ1v) is 10.2. The molecule has 0 fully saturated rings. The van der Waals surface area contributed by atoms with Gasteiger partial charge in [-0.05, 0) is 25.1 Å². The summed E-state index contributed by atoms with van der Waals surface area (Å²) in [5.74, 6) is 1.52. The first kappa shape index (κ1) is 19.3. The molecule has 0 atom stereocenters. The van der Waals surface area contributed by atoms with E-state index in [4.69, 9.17) is 4.74 Å². The lowest BCUT2D eigenvalue weighted by Crippen LogP contribution is -2.36. The highest BCUT2D eigenvalue weighted by Crippen LogP contribution is 2.34. The van der Waals surface area contributed by atoms with Crippen LogP contribution in [-0.4, -0.2) is 30.7 Å². The van der Waals surface area contributed by atoms with Gasteiger partial charge in [0.05, 0.1) is 12.3 Å². The number of amides is 2. The van der Waals surface area contributed by atoms with Crippen molar-refractivity contribution in [1.82, 2.24) is 5.32 Å². The molecule has 5 nitrogen and oxygen atoms in total. The van der Waals surface area contributed by atoms with Gasteiger partial charge in [-0.15, -0.1) is 11.8 Å². The highest BCUT2D eigenvalue weighted by atomic mass is 32.2. The average Bonchev–Trinajstić information content (AvgIpc) is 2.71. The van der Waals surface area contributed by atoms with E-state index in [2.05, 4.69) is 5.32 Å². The molecule has 2 aromatic rings. The number of ether oxygens (including phenoxy) is 1. The number of para-hydroxylation sites is 2. The molecule has 1 heterocycles. The molecule has 3 rings (SSSR count). The molecule has 142 valence electrons. The topological polar surface area (TPSA) is 58.6 Å². The number of carbonyl (C=O) groups excluding carboxylic acids is 2. The number of carbonyl (C=O) groups is 2. The van der Waals surface area contributed by atoms with Gasteiger partial charge < -0.3 is 15.0 Å². The van der Waals surface area contributed by atoms with E-state index in [0.29, 0.717) is 19.7 Å². The first-order valence-electron chi connectivity index (χ1n) is 9.18. The van der Waals surface area contributed by atoms with Crippen LogP contribution in [0.15, 0.2) is 53.4 Å². The van der Waals surface area contributed by atoms with Gasteiger partial charge in [-0.25, -0.2) is 0 Å². The van der Waals surface area contributed by atoms with Crippen molar-refractivity contribution in [2.45, 2.75) is 31.2 Å². The molecule has 27 heavy (non-hydrogen) atoms. The number of anilines is 1. The van der Waals surface area contributed by atoms with Crippen LogP contribution in [0.4, 0.5) is 5.69 Å². The van der Waals surface area contributed by atoms with E-state index in [1.54, 1.807) is 16.7 Å². The lowest BCUT2D eigenvalue weighted by molar-refractivity contribution is -0.125. The van der Waals surface area contributed by atoms with Crippen LogP contribution >= 0.6 is 11.8 Å². The summed E-state index contributed by atoms with van der Waals surface area (Å²) < 4.78 is 5.57. The summed E-state index contributed by atoms with van der Waals surface area (Å²) in [6.07, 6.45) is 0.388. The van der Waals surface area contributed by atoms with Crippen molar-refractivity contribution in [3.63, 3.8) is 0 Å². The van der Waals surface area contributed by atoms with Crippen LogP contribution in [0.5, 0.6) is 5.75 Å². The fraction of sp³-hybridized carbons (Fsp3) is 0.333. The fourth-order valence-electron chi connectivity index (χ4n) is 3.01. The molecule has 0 saturated heterocycles. The molecule has 0 unspecified atom stereocenters. The van der Waals surface area contributed by atoms with Crippen molar-refractivity contribution in [3.05, 3.63) is 54.1 Å². The molecule has 0 bridgehead atoms. The van der Waals surface area contributed by atoms with E-state index in [1.165, 1.54) is 0 Å². The van der Waals surface area contributed by atoms with Gasteiger partial charge in [0.2, 0.25) is 11.8 Å². The van der Waals surface area contributed by atoms with Gasteiger partial charge in [0.15, 0.2) is 0 Å². The highest BCUT2D eigenvalue weighted by Gasteiger charge is 2.22. The van der Waals surface area contributed by atoms with Crippen LogP contribution in [0.3, 0.4) is 0 Å². The molecule has 2 amide bonds. The van der Waals surface area contributed by atoms with E-state index >= 15 is 0 Å². The molecule has 1 N–H and O–H groups in total. The third kappa shape index (κ3) is 5.04. The van der Waals surface area contributed by atoms with E-state index < -0.39 is 0 Å². The van der Waals surface area contributed by atoms with Gasteiger partial charge in [0.25, 0.3) is 0 Å². The van der Waals surface area contributed by atoms with Crippen LogP contribution in [0, 0.1) is 0 Å². The summed E-state index contributed by atoms with van der Waals surface area (Å²) in [5.41, 5.74) is 1.88. The van der Waals surface area contributed by atoms with Gasteiger partial charge in [-0.1, -0.05) is 30.3 Å². The zero-order valence-corrected chi connectivity index (χ0v) is 16.3. The van der Waals surface area contributed by atoms with Crippen molar-refractivity contribution >= 4 is 29.3 Å². The van der Waals surface area contributed by atoms with Crippen LogP contribution < -0.4 is 15.0 Å². The summed E-state index contributed by atoms with van der Waals surface area (Å²) >= 11 is 1.76. The van der Waals surface area contributed by atoms with E-state index in [-0.39, 0.29) is 24.7 Å². The summed E-state index contributed by atoms with van der Waals surface area (Å²) in [5, 5.41) is 2.88. The Morgan fingerprint density at radius 3 is 2.74 bits per heavy atom. The summed E-state index contributed by atoms with van der Waals surface area (Å²) in [7, 11) is 0. The third-order valence-electron chi connectivity index (χ3n) is 4.34. The second-order valence-corrected chi connectivity index (χ2v) is 7.32. The Kier molecular flexibility index (Phi) is 6.76. The Morgan fingerprint density at radius 1 is 1.11 bits per heavy atom. The molecule has 0 radical (unpaired) electrons. The predicted molar refractivity (Wildman–Crippen MR) is 108 cm³/mol. The molecule has 1 aliphatic rings. The molecule has 0 spiro atoms. The third-order valence-corrected chi connectivity index (χ3v) is 5.39. The molecule has 2 aromatic carbocycles.